The zero-order chi connectivity index (χ0) is 16.4. The fourth-order valence-electron chi connectivity index (χ4n) is 2.79. The first-order chi connectivity index (χ1) is 11.1. The van der Waals surface area contributed by atoms with Crippen molar-refractivity contribution in [2.24, 2.45) is 0 Å². The molecule has 0 aliphatic carbocycles. The number of nitrogens with zero attached hydrogens (tertiary/aromatic N) is 2. The van der Waals surface area contributed by atoms with Crippen LogP contribution >= 0.6 is 0 Å². The summed E-state index contributed by atoms with van der Waals surface area (Å²) < 4.78 is 4.99. The quantitative estimate of drug-likeness (QED) is 0.921. The number of benzene rings is 1. The van der Waals surface area contributed by atoms with Crippen LogP contribution in [-0.4, -0.2) is 52.8 Å². The molecule has 1 N–H and O–H groups in total. The standard InChI is InChI=1S/C16H19N3O4/c1-2-3-14(20)18-6-8-19(9-7-18)15(21)11-4-5-12-13(10-11)23-16(22)17-12/h4-5,10H,2-3,6-9H2,1H3,(H,17,22). The Morgan fingerprint density at radius 3 is 2.57 bits per heavy atom. The van der Waals surface area contributed by atoms with Crippen molar-refractivity contribution in [1.82, 2.24) is 14.8 Å². The summed E-state index contributed by atoms with van der Waals surface area (Å²) in [5.74, 6) is -0.499. The number of oxazole rings is 1. The van der Waals surface area contributed by atoms with Crippen molar-refractivity contribution in [1.29, 1.82) is 0 Å². The van der Waals surface area contributed by atoms with Gasteiger partial charge in [-0.1, -0.05) is 6.92 Å². The van der Waals surface area contributed by atoms with Crippen LogP contribution in [0, 0.1) is 0 Å². The van der Waals surface area contributed by atoms with Gasteiger partial charge in [-0.25, -0.2) is 4.79 Å². The molecule has 1 saturated heterocycles. The zero-order valence-corrected chi connectivity index (χ0v) is 13.0. The van der Waals surface area contributed by atoms with E-state index in [1.807, 2.05) is 11.8 Å². The van der Waals surface area contributed by atoms with Crippen LogP contribution in [0.1, 0.15) is 30.1 Å². The summed E-state index contributed by atoms with van der Waals surface area (Å²) in [6.45, 7) is 4.14. The fraction of sp³-hybridized carbons (Fsp3) is 0.438. The van der Waals surface area contributed by atoms with Crippen LogP contribution in [0.2, 0.25) is 0 Å². The second-order valence-electron chi connectivity index (χ2n) is 5.65. The molecule has 7 nitrogen and oxygen atoms in total. The Morgan fingerprint density at radius 1 is 1.17 bits per heavy atom. The highest BCUT2D eigenvalue weighted by Crippen LogP contribution is 2.15. The lowest BCUT2D eigenvalue weighted by Gasteiger charge is -2.34. The Balaban J connectivity index is 1.68. The summed E-state index contributed by atoms with van der Waals surface area (Å²) in [4.78, 5) is 41.7. The van der Waals surface area contributed by atoms with E-state index in [1.165, 1.54) is 0 Å². The van der Waals surface area contributed by atoms with Gasteiger partial charge in [-0.05, 0) is 24.6 Å². The van der Waals surface area contributed by atoms with Crippen LogP contribution < -0.4 is 5.76 Å². The maximum Gasteiger partial charge on any atom is 0.417 e. The molecule has 2 amide bonds. The minimum atomic E-state index is -0.535. The number of piperazine rings is 1. The van der Waals surface area contributed by atoms with Gasteiger partial charge in [0, 0.05) is 38.2 Å². The molecule has 0 saturated carbocycles. The highest BCUT2D eigenvalue weighted by Gasteiger charge is 2.24. The van der Waals surface area contributed by atoms with Crippen LogP contribution in [0.25, 0.3) is 11.1 Å². The number of fused-ring (bicyclic) bond motifs is 1. The number of carbonyl (C=O) groups excluding carboxylic acids is 2. The topological polar surface area (TPSA) is 86.6 Å². The third kappa shape index (κ3) is 3.13. The van der Waals surface area contributed by atoms with Crippen LogP contribution in [0.4, 0.5) is 0 Å². The van der Waals surface area contributed by atoms with Crippen LogP contribution in [0.3, 0.4) is 0 Å². The number of amides is 2. The van der Waals surface area contributed by atoms with Crippen molar-refractivity contribution in [3.05, 3.63) is 34.3 Å². The first kappa shape index (κ1) is 15.3. The molecule has 1 aliphatic rings. The van der Waals surface area contributed by atoms with Crippen molar-refractivity contribution in [3.63, 3.8) is 0 Å². The van der Waals surface area contributed by atoms with Gasteiger partial charge in [-0.2, -0.15) is 0 Å². The lowest BCUT2D eigenvalue weighted by molar-refractivity contribution is -0.132. The van der Waals surface area contributed by atoms with Crippen molar-refractivity contribution in [3.8, 4) is 0 Å². The third-order valence-corrected chi connectivity index (χ3v) is 4.05. The smallest absolute Gasteiger partial charge is 0.408 e. The maximum atomic E-state index is 12.5. The number of aromatic amines is 1. The van der Waals surface area contributed by atoms with Gasteiger partial charge in [0.25, 0.3) is 5.91 Å². The Hall–Kier alpha value is -2.57. The highest BCUT2D eigenvalue weighted by atomic mass is 16.4. The van der Waals surface area contributed by atoms with E-state index in [0.29, 0.717) is 49.3 Å². The summed E-state index contributed by atoms with van der Waals surface area (Å²) in [5.41, 5.74) is 1.42. The predicted octanol–water partition coefficient (Wildman–Crippen LogP) is 1.21. The zero-order valence-electron chi connectivity index (χ0n) is 13.0. The number of hydrogen-bond donors (Lipinski definition) is 1. The van der Waals surface area contributed by atoms with Gasteiger partial charge in [-0.15, -0.1) is 0 Å². The number of aromatic nitrogens is 1. The normalized spacial score (nSPS) is 15.2. The molecule has 1 aliphatic heterocycles. The first-order valence-corrected chi connectivity index (χ1v) is 7.78. The fourth-order valence-corrected chi connectivity index (χ4v) is 2.79. The van der Waals surface area contributed by atoms with E-state index in [9.17, 15) is 14.4 Å². The third-order valence-electron chi connectivity index (χ3n) is 4.05. The van der Waals surface area contributed by atoms with Crippen LogP contribution in [-0.2, 0) is 4.79 Å². The molecule has 1 aromatic carbocycles. The lowest BCUT2D eigenvalue weighted by atomic mass is 10.1. The highest BCUT2D eigenvalue weighted by molar-refractivity contribution is 5.97. The Kier molecular flexibility index (Phi) is 4.18. The summed E-state index contributed by atoms with van der Waals surface area (Å²) in [6, 6.07) is 4.91. The van der Waals surface area contributed by atoms with Gasteiger partial charge in [0.2, 0.25) is 5.91 Å². The minimum absolute atomic E-state index is 0.113. The van der Waals surface area contributed by atoms with Gasteiger partial charge >= 0.3 is 5.76 Å². The average molecular weight is 317 g/mol. The molecule has 122 valence electrons. The minimum Gasteiger partial charge on any atom is -0.408 e. The summed E-state index contributed by atoms with van der Waals surface area (Å²) in [6.07, 6.45) is 1.39. The number of nitrogens with one attached hydrogen (secondary N) is 1. The average Bonchev–Trinajstić information content (AvgIpc) is 2.93. The van der Waals surface area contributed by atoms with E-state index in [4.69, 9.17) is 4.42 Å². The molecule has 1 aromatic heterocycles. The van der Waals surface area contributed by atoms with Crippen LogP contribution in [0.15, 0.2) is 27.4 Å². The molecule has 0 spiro atoms. The molecule has 2 aromatic rings. The van der Waals surface area contributed by atoms with E-state index >= 15 is 0 Å². The van der Waals surface area contributed by atoms with Crippen molar-refractivity contribution in [2.45, 2.75) is 19.8 Å². The molecule has 1 fully saturated rings. The SMILES string of the molecule is CCCC(=O)N1CCN(C(=O)c2ccc3[nH]c(=O)oc3c2)CC1. The molecule has 0 radical (unpaired) electrons. The summed E-state index contributed by atoms with van der Waals surface area (Å²) >= 11 is 0. The van der Waals surface area contributed by atoms with E-state index in [-0.39, 0.29) is 11.8 Å². The van der Waals surface area contributed by atoms with Gasteiger partial charge < -0.3 is 14.2 Å². The van der Waals surface area contributed by atoms with E-state index in [1.54, 1.807) is 23.1 Å². The van der Waals surface area contributed by atoms with E-state index < -0.39 is 5.76 Å². The van der Waals surface area contributed by atoms with E-state index in [2.05, 4.69) is 4.98 Å². The molecule has 7 heteroatoms. The van der Waals surface area contributed by atoms with Gasteiger partial charge in [0.05, 0.1) is 5.52 Å². The Morgan fingerprint density at radius 2 is 1.87 bits per heavy atom. The molecule has 0 unspecified atom stereocenters. The van der Waals surface area contributed by atoms with Gasteiger partial charge in [0.15, 0.2) is 5.58 Å². The molecule has 2 heterocycles. The number of H-pyrrole nitrogens is 1. The van der Waals surface area contributed by atoms with Gasteiger partial charge in [-0.3, -0.25) is 14.6 Å². The van der Waals surface area contributed by atoms with Gasteiger partial charge in [0.1, 0.15) is 0 Å². The largest absolute Gasteiger partial charge is 0.417 e. The monoisotopic (exact) mass is 317 g/mol. The summed E-state index contributed by atoms with van der Waals surface area (Å²) in [5, 5.41) is 0. The number of rotatable bonds is 3. The molecule has 23 heavy (non-hydrogen) atoms. The number of carbonyl (C=O) groups is 2. The van der Waals surface area contributed by atoms with E-state index in [0.717, 1.165) is 6.42 Å². The van der Waals surface area contributed by atoms with Crippen molar-refractivity contribution < 1.29 is 14.0 Å². The molecular weight excluding hydrogens is 298 g/mol. The van der Waals surface area contributed by atoms with Crippen LogP contribution in [0.5, 0.6) is 0 Å². The first-order valence-electron chi connectivity index (χ1n) is 7.78. The molecule has 0 bridgehead atoms. The summed E-state index contributed by atoms with van der Waals surface area (Å²) in [7, 11) is 0. The predicted molar refractivity (Wildman–Crippen MR) is 84.2 cm³/mol. The Labute approximate surface area is 132 Å². The lowest BCUT2D eigenvalue weighted by Crippen LogP contribution is -2.50. The number of hydrogen-bond acceptors (Lipinski definition) is 4. The molecule has 3 rings (SSSR count). The molecular formula is C16H19N3O4. The molecule has 0 atom stereocenters. The second-order valence-corrected chi connectivity index (χ2v) is 5.65. The Bertz CT molecular complexity index is 784. The maximum absolute atomic E-state index is 12.5. The van der Waals surface area contributed by atoms with Crippen molar-refractivity contribution in [2.75, 3.05) is 26.2 Å². The second kappa shape index (κ2) is 6.28. The van der Waals surface area contributed by atoms with Crippen molar-refractivity contribution >= 4 is 22.9 Å².